The van der Waals surface area contributed by atoms with E-state index in [9.17, 15) is 4.79 Å². The molecule has 0 unspecified atom stereocenters. The van der Waals surface area contributed by atoms with Gasteiger partial charge in [0.2, 0.25) is 5.91 Å². The predicted molar refractivity (Wildman–Crippen MR) is 88.7 cm³/mol. The zero-order valence-corrected chi connectivity index (χ0v) is 13.7. The van der Waals surface area contributed by atoms with Gasteiger partial charge in [0, 0.05) is 22.4 Å². The van der Waals surface area contributed by atoms with E-state index in [0.717, 1.165) is 9.50 Å². The summed E-state index contributed by atoms with van der Waals surface area (Å²) in [5, 5.41) is 3.58. The van der Waals surface area contributed by atoms with Crippen LogP contribution < -0.4 is 15.8 Å². The maximum absolute atomic E-state index is 12.0. The van der Waals surface area contributed by atoms with Gasteiger partial charge in [-0.1, -0.05) is 11.8 Å². The van der Waals surface area contributed by atoms with Crippen LogP contribution in [0.5, 0.6) is 5.75 Å². The molecule has 1 aromatic heterocycles. The maximum atomic E-state index is 12.0. The molecule has 0 fully saturated rings. The number of carbonyl (C=O) groups excluding carboxylic acids is 1. The second-order valence-corrected chi connectivity index (χ2v) is 6.02. The molecule has 7 heteroatoms. The fraction of sp³-hybridized carbons (Fsp3) is 0.143. The Labute approximate surface area is 135 Å². The van der Waals surface area contributed by atoms with Gasteiger partial charge in [0.1, 0.15) is 5.75 Å². The molecule has 0 saturated carbocycles. The molecule has 110 valence electrons. The van der Waals surface area contributed by atoms with Crippen LogP contribution in [0.4, 0.5) is 11.4 Å². The van der Waals surface area contributed by atoms with E-state index in [-0.39, 0.29) is 11.7 Å². The third-order valence-electron chi connectivity index (χ3n) is 2.55. The van der Waals surface area contributed by atoms with Gasteiger partial charge < -0.3 is 15.8 Å². The summed E-state index contributed by atoms with van der Waals surface area (Å²) >= 11 is 4.68. The Morgan fingerprint density at radius 1 is 1.43 bits per heavy atom. The van der Waals surface area contributed by atoms with Crippen LogP contribution >= 0.6 is 27.7 Å². The third-order valence-corrected chi connectivity index (χ3v) is 3.96. The molecule has 1 heterocycles. The molecule has 0 aliphatic rings. The molecule has 0 spiro atoms. The van der Waals surface area contributed by atoms with Crippen molar-refractivity contribution >= 4 is 45.0 Å². The molecule has 0 bridgehead atoms. The normalized spacial score (nSPS) is 10.2. The topological polar surface area (TPSA) is 77.2 Å². The van der Waals surface area contributed by atoms with Crippen molar-refractivity contribution in [3.8, 4) is 5.75 Å². The lowest BCUT2D eigenvalue weighted by Crippen LogP contribution is -2.14. The van der Waals surface area contributed by atoms with Gasteiger partial charge in [0.05, 0.1) is 23.6 Å². The number of halogens is 1. The number of aromatic nitrogens is 1. The summed E-state index contributed by atoms with van der Waals surface area (Å²) in [6.45, 7) is 0. The summed E-state index contributed by atoms with van der Waals surface area (Å²) in [4.78, 5) is 16.1. The van der Waals surface area contributed by atoms with E-state index >= 15 is 0 Å². The van der Waals surface area contributed by atoms with Crippen molar-refractivity contribution < 1.29 is 9.53 Å². The Bertz CT molecular complexity index is 635. The van der Waals surface area contributed by atoms with Gasteiger partial charge in [-0.2, -0.15) is 0 Å². The van der Waals surface area contributed by atoms with Crippen molar-refractivity contribution in [3.63, 3.8) is 0 Å². The van der Waals surface area contributed by atoms with Crippen LogP contribution in [0.15, 0.2) is 46.0 Å². The lowest BCUT2D eigenvalue weighted by molar-refractivity contribution is -0.113. The Balaban J connectivity index is 1.94. The van der Waals surface area contributed by atoms with Crippen molar-refractivity contribution in [1.82, 2.24) is 4.98 Å². The van der Waals surface area contributed by atoms with Crippen molar-refractivity contribution in [1.29, 1.82) is 0 Å². The summed E-state index contributed by atoms with van der Waals surface area (Å²) in [5.41, 5.74) is 6.85. The minimum atomic E-state index is -0.132. The smallest absolute Gasteiger partial charge is 0.234 e. The molecule has 21 heavy (non-hydrogen) atoms. The summed E-state index contributed by atoms with van der Waals surface area (Å²) in [6, 6.07) is 8.83. The number of pyridine rings is 1. The summed E-state index contributed by atoms with van der Waals surface area (Å²) in [7, 11) is 1.53. The highest BCUT2D eigenvalue weighted by Crippen LogP contribution is 2.27. The molecule has 2 aromatic rings. The fourth-order valence-electron chi connectivity index (χ4n) is 1.58. The van der Waals surface area contributed by atoms with Crippen LogP contribution in [0.1, 0.15) is 0 Å². The number of hydrogen-bond donors (Lipinski definition) is 2. The number of nitrogens with two attached hydrogens (primary N) is 1. The van der Waals surface area contributed by atoms with Crippen LogP contribution in [-0.2, 0) is 4.79 Å². The van der Waals surface area contributed by atoms with Gasteiger partial charge in [0.25, 0.3) is 0 Å². The molecule has 0 aliphatic carbocycles. The van der Waals surface area contributed by atoms with Crippen LogP contribution in [0.2, 0.25) is 0 Å². The summed E-state index contributed by atoms with van der Waals surface area (Å²) < 4.78 is 6.09. The van der Waals surface area contributed by atoms with E-state index < -0.39 is 0 Å². The number of hydrogen-bond acceptors (Lipinski definition) is 5. The predicted octanol–water partition coefficient (Wildman–Crippen LogP) is 3.17. The Morgan fingerprint density at radius 2 is 2.24 bits per heavy atom. The van der Waals surface area contributed by atoms with Gasteiger partial charge >= 0.3 is 0 Å². The van der Waals surface area contributed by atoms with Crippen molar-refractivity contribution in [2.24, 2.45) is 0 Å². The number of nitrogens with zero attached hydrogens (tertiary/aromatic N) is 1. The first-order valence-electron chi connectivity index (χ1n) is 6.06. The van der Waals surface area contributed by atoms with Crippen LogP contribution in [0.25, 0.3) is 0 Å². The van der Waals surface area contributed by atoms with Crippen LogP contribution in [0, 0.1) is 0 Å². The van der Waals surface area contributed by atoms with Gasteiger partial charge in [-0.05, 0) is 40.2 Å². The number of nitrogens with one attached hydrogen (secondary N) is 1. The zero-order chi connectivity index (χ0) is 15.2. The van der Waals surface area contributed by atoms with Crippen molar-refractivity contribution in [3.05, 3.63) is 41.0 Å². The van der Waals surface area contributed by atoms with E-state index in [4.69, 9.17) is 10.5 Å². The average molecular weight is 368 g/mol. The number of anilines is 2. The first-order chi connectivity index (χ1) is 10.1. The largest absolute Gasteiger partial charge is 0.494 e. The molecule has 1 amide bonds. The number of carbonyl (C=O) groups is 1. The van der Waals surface area contributed by atoms with Crippen LogP contribution in [-0.4, -0.2) is 23.8 Å². The maximum Gasteiger partial charge on any atom is 0.234 e. The lowest BCUT2D eigenvalue weighted by atomic mass is 10.2. The first-order valence-corrected chi connectivity index (χ1v) is 7.84. The minimum absolute atomic E-state index is 0.132. The average Bonchev–Trinajstić information content (AvgIpc) is 2.48. The molecular formula is C14H14BrN3O2S. The number of ether oxygens (including phenoxy) is 1. The zero-order valence-electron chi connectivity index (χ0n) is 11.3. The molecule has 0 atom stereocenters. The van der Waals surface area contributed by atoms with E-state index in [1.807, 2.05) is 12.1 Å². The molecule has 0 aliphatic heterocycles. The number of methoxy groups -OCH3 is 1. The number of thioether (sulfide) groups is 1. The highest BCUT2D eigenvalue weighted by molar-refractivity contribution is 9.10. The van der Waals surface area contributed by atoms with Gasteiger partial charge in [-0.3, -0.25) is 4.79 Å². The first kappa shape index (κ1) is 15.7. The van der Waals surface area contributed by atoms with Gasteiger partial charge in [0.15, 0.2) is 0 Å². The molecule has 0 saturated heterocycles. The summed E-state index contributed by atoms with van der Waals surface area (Å²) in [5.74, 6) is 0.672. The molecule has 1 aromatic carbocycles. The molecule has 0 radical (unpaired) electrons. The van der Waals surface area contributed by atoms with Crippen molar-refractivity contribution in [2.45, 2.75) is 5.03 Å². The Kier molecular flexibility index (Phi) is 5.46. The fourth-order valence-corrected chi connectivity index (χ4v) is 2.46. The number of nitrogen functional groups attached to an aromatic ring is 1. The molecular weight excluding hydrogens is 354 g/mol. The monoisotopic (exact) mass is 367 g/mol. The minimum Gasteiger partial charge on any atom is -0.494 e. The van der Waals surface area contributed by atoms with Crippen molar-refractivity contribution in [2.75, 3.05) is 23.9 Å². The number of benzene rings is 1. The van der Waals surface area contributed by atoms with Crippen LogP contribution in [0.3, 0.4) is 0 Å². The second-order valence-electron chi connectivity index (χ2n) is 4.11. The lowest BCUT2D eigenvalue weighted by Gasteiger charge is -2.10. The highest BCUT2D eigenvalue weighted by Gasteiger charge is 2.09. The van der Waals surface area contributed by atoms with Gasteiger partial charge in [-0.25, -0.2) is 4.98 Å². The number of rotatable bonds is 5. The van der Waals surface area contributed by atoms with E-state index in [1.54, 1.807) is 24.4 Å². The Morgan fingerprint density at radius 3 is 2.90 bits per heavy atom. The SMILES string of the molecule is COc1cc(N)ccc1NC(=O)CSc1ccc(Br)cn1. The van der Waals surface area contributed by atoms with E-state index in [2.05, 4.69) is 26.2 Å². The standard InChI is InChI=1S/C14H14BrN3O2S/c1-20-12-6-10(16)3-4-11(12)18-13(19)8-21-14-5-2-9(15)7-17-14/h2-7H,8,16H2,1H3,(H,18,19). The third kappa shape index (κ3) is 4.64. The van der Waals surface area contributed by atoms with E-state index in [1.165, 1.54) is 18.9 Å². The quantitative estimate of drug-likeness (QED) is 0.626. The number of amides is 1. The molecule has 5 nitrogen and oxygen atoms in total. The Hall–Kier alpha value is -1.73. The molecule has 3 N–H and O–H groups in total. The highest BCUT2D eigenvalue weighted by atomic mass is 79.9. The van der Waals surface area contributed by atoms with Gasteiger partial charge in [-0.15, -0.1) is 0 Å². The van der Waals surface area contributed by atoms with E-state index in [0.29, 0.717) is 17.1 Å². The second kappa shape index (κ2) is 7.33. The summed E-state index contributed by atoms with van der Waals surface area (Å²) in [6.07, 6.45) is 1.70. The molecule has 2 rings (SSSR count).